The second-order valence-corrected chi connectivity index (χ2v) is 7.99. The molecule has 1 fully saturated rings. The number of halogens is 1. The summed E-state index contributed by atoms with van der Waals surface area (Å²) < 4.78 is 16.3. The van der Waals surface area contributed by atoms with Crippen molar-refractivity contribution in [2.24, 2.45) is 0 Å². The zero-order valence-corrected chi connectivity index (χ0v) is 19.7. The van der Waals surface area contributed by atoms with E-state index in [4.69, 9.17) is 25.8 Å². The quantitative estimate of drug-likeness (QED) is 0.522. The van der Waals surface area contributed by atoms with Gasteiger partial charge in [-0.25, -0.2) is 0 Å². The van der Waals surface area contributed by atoms with Crippen molar-refractivity contribution in [1.29, 1.82) is 0 Å². The molecule has 0 saturated carbocycles. The molecule has 7 heteroatoms. The number of methoxy groups -OCH3 is 2. The van der Waals surface area contributed by atoms with Crippen LogP contribution in [0.3, 0.4) is 0 Å². The Balaban J connectivity index is 1.68. The van der Waals surface area contributed by atoms with Crippen molar-refractivity contribution in [2.45, 2.75) is 25.8 Å². The average molecular weight is 459 g/mol. The summed E-state index contributed by atoms with van der Waals surface area (Å²) in [5.41, 5.74) is 1.90. The van der Waals surface area contributed by atoms with Crippen molar-refractivity contribution in [3.63, 3.8) is 0 Å². The van der Waals surface area contributed by atoms with Crippen LogP contribution in [0.5, 0.6) is 17.2 Å². The van der Waals surface area contributed by atoms with E-state index in [1.54, 1.807) is 32.4 Å². The summed E-state index contributed by atoms with van der Waals surface area (Å²) in [6.07, 6.45) is 5.58. The van der Waals surface area contributed by atoms with E-state index in [2.05, 4.69) is 16.3 Å². The Morgan fingerprint density at radius 2 is 1.97 bits per heavy atom. The van der Waals surface area contributed by atoms with Gasteiger partial charge in [-0.05, 0) is 74.3 Å². The van der Waals surface area contributed by atoms with Gasteiger partial charge < -0.3 is 19.5 Å². The highest BCUT2D eigenvalue weighted by Gasteiger charge is 2.24. The number of carbonyl (C=O) groups excluding carboxylic acids is 1. The van der Waals surface area contributed by atoms with Crippen molar-refractivity contribution in [1.82, 2.24) is 10.2 Å². The zero-order valence-electron chi connectivity index (χ0n) is 18.9. The second kappa shape index (κ2) is 11.8. The van der Waals surface area contributed by atoms with Crippen LogP contribution in [0, 0.1) is 0 Å². The monoisotopic (exact) mass is 458 g/mol. The maximum atomic E-state index is 12.6. The fourth-order valence-electron chi connectivity index (χ4n) is 3.91. The molecule has 2 aromatic carbocycles. The minimum Gasteiger partial charge on any atom is -0.497 e. The Bertz CT molecular complexity index is 942. The van der Waals surface area contributed by atoms with Crippen LogP contribution in [0.1, 0.15) is 36.9 Å². The molecular formula is C25H31ClN2O4. The molecular weight excluding hydrogens is 428 g/mol. The Kier molecular flexibility index (Phi) is 8.82. The van der Waals surface area contributed by atoms with Crippen LogP contribution >= 0.6 is 11.6 Å². The van der Waals surface area contributed by atoms with Gasteiger partial charge in [-0.2, -0.15) is 0 Å². The molecule has 0 aromatic heterocycles. The first-order chi connectivity index (χ1) is 15.5. The molecule has 1 amide bonds. The van der Waals surface area contributed by atoms with Gasteiger partial charge in [0.25, 0.3) is 0 Å². The van der Waals surface area contributed by atoms with Crippen LogP contribution in [-0.2, 0) is 4.79 Å². The molecule has 1 saturated heterocycles. The van der Waals surface area contributed by atoms with Gasteiger partial charge in [0.2, 0.25) is 5.91 Å². The summed E-state index contributed by atoms with van der Waals surface area (Å²) in [6.45, 7) is 4.94. The molecule has 0 aliphatic carbocycles. The molecule has 3 rings (SSSR count). The standard InChI is InChI=1S/C25H31ClN2O4/c1-4-32-25-21(26)14-18(15-23(25)31-3)10-11-24(29)27-17-22(28-12-5-6-13-28)19-8-7-9-20(16-19)30-2/h7-11,14-16,22H,4-6,12-13,17H2,1-3H3,(H,27,29)/b11-10+. The summed E-state index contributed by atoms with van der Waals surface area (Å²) >= 11 is 6.32. The van der Waals surface area contributed by atoms with E-state index in [-0.39, 0.29) is 11.9 Å². The van der Waals surface area contributed by atoms with E-state index in [0.717, 1.165) is 30.0 Å². The van der Waals surface area contributed by atoms with Crippen molar-refractivity contribution in [2.75, 3.05) is 40.5 Å². The molecule has 1 aliphatic rings. The third-order valence-electron chi connectivity index (χ3n) is 5.50. The lowest BCUT2D eigenvalue weighted by molar-refractivity contribution is -0.116. The Labute approximate surface area is 195 Å². The van der Waals surface area contributed by atoms with E-state index in [0.29, 0.717) is 29.7 Å². The summed E-state index contributed by atoms with van der Waals surface area (Å²) in [5, 5.41) is 3.49. The SMILES string of the molecule is CCOc1c(Cl)cc(/C=C/C(=O)NCC(c2cccc(OC)c2)N2CCCC2)cc1OC. The van der Waals surface area contributed by atoms with E-state index in [9.17, 15) is 4.79 Å². The number of nitrogens with one attached hydrogen (secondary N) is 1. The number of likely N-dealkylation sites (tertiary alicyclic amines) is 1. The lowest BCUT2D eigenvalue weighted by Gasteiger charge is -2.28. The minimum absolute atomic E-state index is 0.102. The molecule has 6 nitrogen and oxygen atoms in total. The highest BCUT2D eigenvalue weighted by molar-refractivity contribution is 6.32. The Morgan fingerprint density at radius 1 is 1.19 bits per heavy atom. The lowest BCUT2D eigenvalue weighted by Crippen LogP contribution is -2.36. The second-order valence-electron chi connectivity index (χ2n) is 7.58. The van der Waals surface area contributed by atoms with Gasteiger partial charge in [-0.15, -0.1) is 0 Å². The van der Waals surface area contributed by atoms with Crippen LogP contribution in [-0.4, -0.2) is 51.3 Å². The molecule has 0 bridgehead atoms. The third kappa shape index (κ3) is 6.17. The van der Waals surface area contributed by atoms with Crippen LogP contribution in [0.4, 0.5) is 0 Å². The van der Waals surface area contributed by atoms with Gasteiger partial charge in [0.1, 0.15) is 5.75 Å². The normalized spacial score (nSPS) is 15.0. The van der Waals surface area contributed by atoms with Crippen molar-refractivity contribution in [3.8, 4) is 17.2 Å². The molecule has 172 valence electrons. The zero-order chi connectivity index (χ0) is 22.9. The summed E-state index contributed by atoms with van der Waals surface area (Å²) in [5.74, 6) is 1.69. The summed E-state index contributed by atoms with van der Waals surface area (Å²) in [4.78, 5) is 15.0. The smallest absolute Gasteiger partial charge is 0.244 e. The average Bonchev–Trinajstić information content (AvgIpc) is 3.34. The van der Waals surface area contributed by atoms with Gasteiger partial charge in [0.05, 0.1) is 31.9 Å². The molecule has 0 spiro atoms. The largest absolute Gasteiger partial charge is 0.497 e. The third-order valence-corrected chi connectivity index (χ3v) is 5.78. The molecule has 1 N–H and O–H groups in total. The number of nitrogens with zero attached hydrogens (tertiary/aromatic N) is 1. The molecule has 1 unspecified atom stereocenters. The van der Waals surface area contributed by atoms with Gasteiger partial charge >= 0.3 is 0 Å². The molecule has 0 radical (unpaired) electrons. The Morgan fingerprint density at radius 3 is 2.66 bits per heavy atom. The maximum Gasteiger partial charge on any atom is 0.244 e. The van der Waals surface area contributed by atoms with Crippen LogP contribution in [0.15, 0.2) is 42.5 Å². The number of carbonyl (C=O) groups is 1. The molecule has 1 aliphatic heterocycles. The highest BCUT2D eigenvalue weighted by Crippen LogP contribution is 2.36. The van der Waals surface area contributed by atoms with Gasteiger partial charge in [-0.1, -0.05) is 23.7 Å². The fraction of sp³-hybridized carbons (Fsp3) is 0.400. The first kappa shape index (κ1) is 24.0. The van der Waals surface area contributed by atoms with E-state index >= 15 is 0 Å². The Hall–Kier alpha value is -2.70. The summed E-state index contributed by atoms with van der Waals surface area (Å²) in [6, 6.07) is 11.7. The van der Waals surface area contributed by atoms with Crippen molar-refractivity contribution in [3.05, 3.63) is 58.6 Å². The lowest BCUT2D eigenvalue weighted by atomic mass is 10.0. The van der Waals surface area contributed by atoms with Gasteiger partial charge in [0, 0.05) is 12.6 Å². The number of rotatable bonds is 10. The topological polar surface area (TPSA) is 60.0 Å². The van der Waals surface area contributed by atoms with Crippen molar-refractivity contribution < 1.29 is 19.0 Å². The molecule has 1 heterocycles. The van der Waals surface area contributed by atoms with Crippen LogP contribution in [0.2, 0.25) is 5.02 Å². The van der Waals surface area contributed by atoms with Gasteiger partial charge in [0.15, 0.2) is 11.5 Å². The summed E-state index contributed by atoms with van der Waals surface area (Å²) in [7, 11) is 3.23. The minimum atomic E-state index is -0.166. The molecule has 2 aromatic rings. The maximum absolute atomic E-state index is 12.6. The van der Waals surface area contributed by atoms with E-state index in [1.807, 2.05) is 25.1 Å². The number of hydrogen-bond acceptors (Lipinski definition) is 5. The predicted octanol–water partition coefficient (Wildman–Crippen LogP) is 4.72. The fourth-order valence-corrected chi connectivity index (χ4v) is 4.18. The van der Waals surface area contributed by atoms with Crippen molar-refractivity contribution >= 4 is 23.6 Å². The molecule has 1 atom stereocenters. The van der Waals surface area contributed by atoms with E-state index in [1.165, 1.54) is 18.9 Å². The predicted molar refractivity (Wildman–Crippen MR) is 128 cm³/mol. The highest BCUT2D eigenvalue weighted by atomic mass is 35.5. The first-order valence-electron chi connectivity index (χ1n) is 10.9. The number of benzene rings is 2. The number of ether oxygens (including phenoxy) is 3. The molecule has 32 heavy (non-hydrogen) atoms. The van der Waals surface area contributed by atoms with E-state index < -0.39 is 0 Å². The first-order valence-corrected chi connectivity index (χ1v) is 11.3. The van der Waals surface area contributed by atoms with Crippen LogP contribution in [0.25, 0.3) is 6.08 Å². The van der Waals surface area contributed by atoms with Crippen LogP contribution < -0.4 is 19.5 Å². The van der Waals surface area contributed by atoms with Gasteiger partial charge in [-0.3, -0.25) is 9.69 Å². The number of amides is 1. The number of hydrogen-bond donors (Lipinski definition) is 1.